The van der Waals surface area contributed by atoms with Crippen LogP contribution in [0.3, 0.4) is 0 Å². The second-order valence-electron chi connectivity index (χ2n) is 7.32. The summed E-state index contributed by atoms with van der Waals surface area (Å²) in [6.07, 6.45) is 2.11. The van der Waals surface area contributed by atoms with E-state index in [-0.39, 0.29) is 23.5 Å². The molecule has 0 atom stereocenters. The van der Waals surface area contributed by atoms with Crippen LogP contribution in [0, 0.1) is 11.8 Å². The van der Waals surface area contributed by atoms with Gasteiger partial charge < -0.3 is 9.47 Å². The van der Waals surface area contributed by atoms with Crippen molar-refractivity contribution in [1.82, 2.24) is 8.77 Å². The van der Waals surface area contributed by atoms with Crippen molar-refractivity contribution in [2.45, 2.75) is 32.3 Å². The Hall–Kier alpha value is -1.52. The van der Waals surface area contributed by atoms with Gasteiger partial charge in [0.1, 0.15) is 0 Å². The summed E-state index contributed by atoms with van der Waals surface area (Å²) in [5, 5.41) is 10.1. The van der Waals surface area contributed by atoms with Gasteiger partial charge in [-0.3, -0.25) is 10.0 Å². The SMILES string of the molecule is O=C(C1CCOCC1)N(O)S(=O)(=O)N1CCC(COCc2ccccc2)CC1. The quantitative estimate of drug-likeness (QED) is 0.542. The lowest BCUT2D eigenvalue weighted by molar-refractivity contribution is -0.154. The fourth-order valence-electron chi connectivity index (χ4n) is 3.55. The number of hydrogen-bond acceptors (Lipinski definition) is 6. The molecule has 2 aliphatic rings. The van der Waals surface area contributed by atoms with Gasteiger partial charge in [0.15, 0.2) is 0 Å². The van der Waals surface area contributed by atoms with Gasteiger partial charge >= 0.3 is 10.2 Å². The van der Waals surface area contributed by atoms with Crippen LogP contribution in [-0.4, -0.2) is 61.2 Å². The molecule has 0 aliphatic carbocycles. The Morgan fingerprint density at radius 3 is 2.43 bits per heavy atom. The van der Waals surface area contributed by atoms with Gasteiger partial charge in [0.2, 0.25) is 0 Å². The zero-order valence-electron chi connectivity index (χ0n) is 15.9. The van der Waals surface area contributed by atoms with E-state index < -0.39 is 22.0 Å². The minimum atomic E-state index is -4.21. The molecule has 1 N–H and O–H groups in total. The Morgan fingerprint density at radius 2 is 1.79 bits per heavy atom. The lowest BCUT2D eigenvalue weighted by Crippen LogP contribution is -2.50. The van der Waals surface area contributed by atoms with Crippen molar-refractivity contribution in [3.05, 3.63) is 35.9 Å². The van der Waals surface area contributed by atoms with E-state index in [4.69, 9.17) is 9.47 Å². The number of ether oxygens (including phenoxy) is 2. The number of carbonyl (C=O) groups excluding carboxylic acids is 1. The third-order valence-corrected chi connectivity index (χ3v) is 6.98. The summed E-state index contributed by atoms with van der Waals surface area (Å²) in [7, 11) is -4.21. The maximum atomic E-state index is 12.6. The third kappa shape index (κ3) is 5.30. The minimum Gasteiger partial charge on any atom is -0.381 e. The van der Waals surface area contributed by atoms with Crippen LogP contribution >= 0.6 is 0 Å². The molecular weight excluding hydrogens is 384 g/mol. The number of amides is 1. The Kier molecular flexibility index (Phi) is 7.42. The molecule has 0 spiro atoms. The van der Waals surface area contributed by atoms with E-state index in [2.05, 4.69) is 0 Å². The van der Waals surface area contributed by atoms with E-state index in [0.29, 0.717) is 52.1 Å². The van der Waals surface area contributed by atoms with Crippen LogP contribution < -0.4 is 0 Å². The molecule has 1 amide bonds. The van der Waals surface area contributed by atoms with Crippen molar-refractivity contribution in [2.24, 2.45) is 11.8 Å². The number of rotatable bonds is 7. The molecule has 2 aliphatic heterocycles. The minimum absolute atomic E-state index is 0.0603. The van der Waals surface area contributed by atoms with Gasteiger partial charge in [-0.2, -0.15) is 12.7 Å². The lowest BCUT2D eigenvalue weighted by atomic mass is 9.99. The van der Waals surface area contributed by atoms with Crippen molar-refractivity contribution in [3.8, 4) is 0 Å². The maximum absolute atomic E-state index is 12.6. The van der Waals surface area contributed by atoms with Gasteiger partial charge in [-0.15, -0.1) is 0 Å². The Bertz CT molecular complexity index is 728. The second-order valence-corrected chi connectivity index (χ2v) is 9.08. The van der Waals surface area contributed by atoms with Gasteiger partial charge in [-0.25, -0.2) is 0 Å². The molecule has 1 aromatic carbocycles. The number of hydroxylamine groups is 1. The average Bonchev–Trinajstić information content (AvgIpc) is 2.74. The third-order valence-electron chi connectivity index (χ3n) is 5.34. The molecule has 3 rings (SSSR count). The molecule has 2 heterocycles. The summed E-state index contributed by atoms with van der Waals surface area (Å²) < 4.78 is 37.2. The summed E-state index contributed by atoms with van der Waals surface area (Å²) in [5.41, 5.74) is 1.10. The molecule has 0 aromatic heterocycles. The average molecular weight is 413 g/mol. The highest BCUT2D eigenvalue weighted by molar-refractivity contribution is 7.87. The molecule has 2 saturated heterocycles. The van der Waals surface area contributed by atoms with Gasteiger partial charge in [0, 0.05) is 38.8 Å². The van der Waals surface area contributed by atoms with Gasteiger partial charge in [0.05, 0.1) is 6.61 Å². The first-order valence-corrected chi connectivity index (χ1v) is 11.1. The second kappa shape index (κ2) is 9.80. The number of benzene rings is 1. The van der Waals surface area contributed by atoms with Crippen molar-refractivity contribution < 1.29 is 27.9 Å². The fraction of sp³-hybridized carbons (Fsp3) is 0.632. The maximum Gasteiger partial charge on any atom is 0.329 e. The highest BCUT2D eigenvalue weighted by Crippen LogP contribution is 2.24. The molecule has 1 aromatic rings. The Labute approximate surface area is 166 Å². The molecule has 9 heteroatoms. The summed E-state index contributed by atoms with van der Waals surface area (Å²) in [4.78, 5) is 12.3. The van der Waals surface area contributed by atoms with Crippen LogP contribution in [0.2, 0.25) is 0 Å². The predicted octanol–water partition coefficient (Wildman–Crippen LogP) is 1.80. The van der Waals surface area contributed by atoms with E-state index in [1.54, 1.807) is 0 Å². The molecule has 0 bridgehead atoms. The van der Waals surface area contributed by atoms with Crippen molar-refractivity contribution in [1.29, 1.82) is 0 Å². The lowest BCUT2D eigenvalue weighted by Gasteiger charge is -2.33. The predicted molar refractivity (Wildman–Crippen MR) is 101 cm³/mol. The molecule has 28 heavy (non-hydrogen) atoms. The van der Waals surface area contributed by atoms with E-state index in [0.717, 1.165) is 5.56 Å². The first-order chi connectivity index (χ1) is 13.5. The highest BCUT2D eigenvalue weighted by atomic mass is 32.2. The molecule has 8 nitrogen and oxygen atoms in total. The fourth-order valence-corrected chi connectivity index (χ4v) is 4.82. The molecule has 0 saturated carbocycles. The Morgan fingerprint density at radius 1 is 1.14 bits per heavy atom. The van der Waals surface area contributed by atoms with E-state index in [1.165, 1.54) is 4.31 Å². The Balaban J connectivity index is 1.45. The first-order valence-electron chi connectivity index (χ1n) is 9.71. The smallest absolute Gasteiger partial charge is 0.329 e. The van der Waals surface area contributed by atoms with E-state index in [9.17, 15) is 18.4 Å². The van der Waals surface area contributed by atoms with Crippen molar-refractivity contribution >= 4 is 16.1 Å². The largest absolute Gasteiger partial charge is 0.381 e. The van der Waals surface area contributed by atoms with Crippen LogP contribution in [0.25, 0.3) is 0 Å². The number of hydrogen-bond donors (Lipinski definition) is 1. The zero-order valence-corrected chi connectivity index (χ0v) is 16.7. The number of nitrogens with zero attached hydrogens (tertiary/aromatic N) is 2. The summed E-state index contributed by atoms with van der Waals surface area (Å²) in [5.74, 6) is -1.03. The first kappa shape index (κ1) is 21.2. The van der Waals surface area contributed by atoms with Crippen LogP contribution in [0.15, 0.2) is 30.3 Å². The van der Waals surface area contributed by atoms with Gasteiger partial charge in [0.25, 0.3) is 5.91 Å². The van der Waals surface area contributed by atoms with E-state index >= 15 is 0 Å². The van der Waals surface area contributed by atoms with Crippen LogP contribution in [-0.2, 0) is 31.1 Å². The van der Waals surface area contributed by atoms with Crippen molar-refractivity contribution in [2.75, 3.05) is 32.9 Å². The van der Waals surface area contributed by atoms with Gasteiger partial charge in [-0.1, -0.05) is 34.8 Å². The molecule has 0 unspecified atom stereocenters. The summed E-state index contributed by atoms with van der Waals surface area (Å²) >= 11 is 0. The van der Waals surface area contributed by atoms with E-state index in [1.807, 2.05) is 30.3 Å². The van der Waals surface area contributed by atoms with Crippen molar-refractivity contribution in [3.63, 3.8) is 0 Å². The number of piperidine rings is 1. The monoisotopic (exact) mass is 412 g/mol. The summed E-state index contributed by atoms with van der Waals surface area (Å²) in [6.45, 7) is 2.42. The molecular formula is C19H28N2O6S. The number of carbonyl (C=O) groups is 1. The van der Waals surface area contributed by atoms with Crippen LogP contribution in [0.1, 0.15) is 31.2 Å². The van der Waals surface area contributed by atoms with Crippen LogP contribution in [0.4, 0.5) is 0 Å². The highest BCUT2D eigenvalue weighted by Gasteiger charge is 2.38. The summed E-state index contributed by atoms with van der Waals surface area (Å²) in [6, 6.07) is 9.88. The molecule has 156 valence electrons. The normalized spacial score (nSPS) is 20.2. The van der Waals surface area contributed by atoms with Gasteiger partial charge in [-0.05, 0) is 37.2 Å². The molecule has 2 fully saturated rings. The topological polar surface area (TPSA) is 96.4 Å². The standard InChI is InChI=1S/C19H28N2O6S/c22-19(18-8-12-26-13-9-18)21(23)28(24,25)20-10-6-17(7-11-20)15-27-14-16-4-2-1-3-5-16/h1-5,17-18,23H,6-15H2. The molecule has 0 radical (unpaired) electrons. The zero-order chi connectivity index (χ0) is 20.0. The van der Waals surface area contributed by atoms with Crippen LogP contribution in [0.5, 0.6) is 0 Å².